The fourth-order valence-electron chi connectivity index (χ4n) is 3.93. The number of rotatable bonds is 5. The van der Waals surface area contributed by atoms with Crippen molar-refractivity contribution in [2.24, 2.45) is 5.92 Å². The molecule has 1 aromatic carbocycles. The number of methoxy groups -OCH3 is 1. The highest BCUT2D eigenvalue weighted by atomic mass is 16.5. The Labute approximate surface area is 152 Å². The molecular weight excluding hydrogens is 328 g/mol. The molecular formula is C20H24N4O2. The number of aromatic nitrogens is 3. The summed E-state index contributed by atoms with van der Waals surface area (Å²) >= 11 is 0. The minimum absolute atomic E-state index is 0.0817. The van der Waals surface area contributed by atoms with Crippen LogP contribution in [-0.2, 0) is 11.3 Å². The summed E-state index contributed by atoms with van der Waals surface area (Å²) in [4.78, 5) is 12.3. The topological polar surface area (TPSA) is 71.9 Å². The molecule has 1 fully saturated rings. The van der Waals surface area contributed by atoms with E-state index in [2.05, 4.69) is 39.1 Å². The van der Waals surface area contributed by atoms with Crippen LogP contribution < -0.4 is 10.1 Å². The van der Waals surface area contributed by atoms with E-state index >= 15 is 0 Å². The van der Waals surface area contributed by atoms with Crippen molar-refractivity contribution >= 4 is 22.6 Å². The molecule has 6 heteroatoms. The number of benzene rings is 1. The molecule has 0 aliphatic heterocycles. The molecule has 0 saturated heterocycles. The minimum Gasteiger partial charge on any atom is -0.496 e. The molecule has 0 atom stereocenters. The molecule has 0 bridgehead atoms. The number of carbonyl (C=O) groups excluding carboxylic acids is 1. The van der Waals surface area contributed by atoms with E-state index in [4.69, 9.17) is 4.74 Å². The number of hydrogen-bond donors (Lipinski definition) is 2. The third-order valence-electron chi connectivity index (χ3n) is 5.27. The summed E-state index contributed by atoms with van der Waals surface area (Å²) in [5.74, 6) is 1.64. The van der Waals surface area contributed by atoms with Crippen LogP contribution in [0.5, 0.6) is 5.75 Å². The molecule has 1 aliphatic carbocycles. The van der Waals surface area contributed by atoms with Crippen LogP contribution in [0.4, 0.5) is 5.82 Å². The van der Waals surface area contributed by atoms with Gasteiger partial charge in [0.25, 0.3) is 0 Å². The zero-order valence-electron chi connectivity index (χ0n) is 15.2. The maximum absolute atomic E-state index is 12.3. The summed E-state index contributed by atoms with van der Waals surface area (Å²) in [6, 6.07) is 10.1. The van der Waals surface area contributed by atoms with Crippen molar-refractivity contribution in [1.29, 1.82) is 0 Å². The number of nitrogens with one attached hydrogen (secondary N) is 2. The number of carbonyl (C=O) groups is 1. The summed E-state index contributed by atoms with van der Waals surface area (Å²) in [6.07, 6.45) is 4.24. The standard InChI is InChI=1S/C20H24N4O2/c1-3-24-16-9-6-10-18(26-2)14(16)11-17(24)15-12-19(23-22-15)21-20(25)13-7-4-5-8-13/h6,9-13H,3-5,7-8H2,1-2H3,(H2,21,22,23,25). The lowest BCUT2D eigenvalue weighted by atomic mass is 10.1. The van der Waals surface area contributed by atoms with Crippen molar-refractivity contribution in [3.8, 4) is 17.1 Å². The second-order valence-electron chi connectivity index (χ2n) is 6.80. The van der Waals surface area contributed by atoms with Gasteiger partial charge in [-0.15, -0.1) is 0 Å². The van der Waals surface area contributed by atoms with E-state index in [0.717, 1.165) is 60.3 Å². The summed E-state index contributed by atoms with van der Waals surface area (Å²) in [5, 5.41) is 11.4. The Hall–Kier alpha value is -2.76. The number of fused-ring (bicyclic) bond motifs is 1. The number of ether oxygens (including phenoxy) is 1. The first-order chi connectivity index (χ1) is 12.7. The summed E-state index contributed by atoms with van der Waals surface area (Å²) in [6.45, 7) is 2.94. The maximum Gasteiger partial charge on any atom is 0.228 e. The Morgan fingerprint density at radius 2 is 2.15 bits per heavy atom. The van der Waals surface area contributed by atoms with Gasteiger partial charge in [0.05, 0.1) is 24.0 Å². The van der Waals surface area contributed by atoms with Crippen LogP contribution in [0.25, 0.3) is 22.3 Å². The Morgan fingerprint density at radius 1 is 1.35 bits per heavy atom. The van der Waals surface area contributed by atoms with E-state index in [0.29, 0.717) is 5.82 Å². The minimum atomic E-state index is 0.0817. The average Bonchev–Trinajstić information content (AvgIpc) is 3.39. The summed E-state index contributed by atoms with van der Waals surface area (Å²) in [5.41, 5.74) is 3.03. The first-order valence-corrected chi connectivity index (χ1v) is 9.24. The number of H-pyrrole nitrogens is 1. The predicted molar refractivity (Wildman–Crippen MR) is 102 cm³/mol. The number of hydrogen-bond acceptors (Lipinski definition) is 3. The first-order valence-electron chi connectivity index (χ1n) is 9.24. The van der Waals surface area contributed by atoms with Crippen LogP contribution in [0, 0.1) is 5.92 Å². The van der Waals surface area contributed by atoms with Crippen LogP contribution >= 0.6 is 0 Å². The number of amides is 1. The monoisotopic (exact) mass is 352 g/mol. The van der Waals surface area contributed by atoms with Gasteiger partial charge in [-0.05, 0) is 38.0 Å². The number of anilines is 1. The van der Waals surface area contributed by atoms with Crippen molar-refractivity contribution in [3.63, 3.8) is 0 Å². The van der Waals surface area contributed by atoms with E-state index in [1.54, 1.807) is 7.11 Å². The van der Waals surface area contributed by atoms with Crippen molar-refractivity contribution in [2.75, 3.05) is 12.4 Å². The molecule has 3 aromatic rings. The van der Waals surface area contributed by atoms with Gasteiger partial charge in [0.1, 0.15) is 5.75 Å². The van der Waals surface area contributed by atoms with Crippen molar-refractivity contribution < 1.29 is 9.53 Å². The van der Waals surface area contributed by atoms with E-state index in [1.807, 2.05) is 18.2 Å². The van der Waals surface area contributed by atoms with Gasteiger partial charge in [0, 0.05) is 23.9 Å². The molecule has 6 nitrogen and oxygen atoms in total. The summed E-state index contributed by atoms with van der Waals surface area (Å²) < 4.78 is 7.71. The van der Waals surface area contributed by atoms with Crippen molar-refractivity contribution in [3.05, 3.63) is 30.3 Å². The average molecular weight is 352 g/mol. The zero-order valence-corrected chi connectivity index (χ0v) is 15.2. The highest BCUT2D eigenvalue weighted by Gasteiger charge is 2.23. The maximum atomic E-state index is 12.3. The van der Waals surface area contributed by atoms with Crippen LogP contribution in [0.2, 0.25) is 0 Å². The highest BCUT2D eigenvalue weighted by molar-refractivity contribution is 5.94. The van der Waals surface area contributed by atoms with E-state index in [9.17, 15) is 4.79 Å². The van der Waals surface area contributed by atoms with Gasteiger partial charge >= 0.3 is 0 Å². The third kappa shape index (κ3) is 2.85. The van der Waals surface area contributed by atoms with E-state index in [-0.39, 0.29) is 11.8 Å². The number of aryl methyl sites for hydroxylation is 1. The zero-order chi connectivity index (χ0) is 18.1. The number of aromatic amines is 1. The lowest BCUT2D eigenvalue weighted by Gasteiger charge is -2.07. The molecule has 4 rings (SSSR count). The quantitative estimate of drug-likeness (QED) is 0.723. The lowest BCUT2D eigenvalue weighted by molar-refractivity contribution is -0.119. The van der Waals surface area contributed by atoms with Crippen LogP contribution in [-0.4, -0.2) is 27.8 Å². The van der Waals surface area contributed by atoms with Gasteiger partial charge in [-0.25, -0.2) is 0 Å². The molecule has 0 spiro atoms. The fraction of sp³-hybridized carbons (Fsp3) is 0.400. The lowest BCUT2D eigenvalue weighted by Crippen LogP contribution is -2.20. The fourth-order valence-corrected chi connectivity index (χ4v) is 3.93. The molecule has 1 aliphatic rings. The molecule has 26 heavy (non-hydrogen) atoms. The van der Waals surface area contributed by atoms with Gasteiger partial charge < -0.3 is 14.6 Å². The molecule has 136 valence electrons. The van der Waals surface area contributed by atoms with Gasteiger partial charge in [0.2, 0.25) is 5.91 Å². The molecule has 1 saturated carbocycles. The molecule has 0 radical (unpaired) electrons. The third-order valence-corrected chi connectivity index (χ3v) is 5.27. The van der Waals surface area contributed by atoms with Gasteiger partial charge in [0.15, 0.2) is 5.82 Å². The molecule has 1 amide bonds. The van der Waals surface area contributed by atoms with Crippen LogP contribution in [0.1, 0.15) is 32.6 Å². The second-order valence-corrected chi connectivity index (χ2v) is 6.80. The van der Waals surface area contributed by atoms with Crippen molar-refractivity contribution in [2.45, 2.75) is 39.2 Å². The normalized spacial score (nSPS) is 14.8. The Bertz CT molecular complexity index is 935. The molecule has 0 unspecified atom stereocenters. The number of nitrogens with zero attached hydrogens (tertiary/aromatic N) is 2. The van der Waals surface area contributed by atoms with Crippen molar-refractivity contribution in [1.82, 2.24) is 14.8 Å². The summed E-state index contributed by atoms with van der Waals surface area (Å²) in [7, 11) is 1.69. The van der Waals surface area contributed by atoms with E-state index in [1.165, 1.54) is 0 Å². The Morgan fingerprint density at radius 3 is 2.88 bits per heavy atom. The molecule has 2 heterocycles. The first kappa shape index (κ1) is 16.7. The second kappa shape index (κ2) is 6.86. The smallest absolute Gasteiger partial charge is 0.228 e. The van der Waals surface area contributed by atoms with Gasteiger partial charge in [-0.2, -0.15) is 5.10 Å². The predicted octanol–water partition coefficient (Wildman–Crippen LogP) is 4.19. The van der Waals surface area contributed by atoms with Gasteiger partial charge in [-0.3, -0.25) is 9.89 Å². The largest absolute Gasteiger partial charge is 0.496 e. The Kier molecular flexibility index (Phi) is 4.41. The van der Waals surface area contributed by atoms with Gasteiger partial charge in [-0.1, -0.05) is 18.9 Å². The highest BCUT2D eigenvalue weighted by Crippen LogP contribution is 2.33. The van der Waals surface area contributed by atoms with Crippen LogP contribution in [0.15, 0.2) is 30.3 Å². The SMILES string of the molecule is CCn1c(-c2cc(NC(=O)C3CCCC3)n[nH]2)cc2c(OC)cccc21. The Balaban J connectivity index is 1.65. The van der Waals surface area contributed by atoms with E-state index < -0.39 is 0 Å². The molecule has 2 N–H and O–H groups in total. The van der Waals surface area contributed by atoms with Crippen LogP contribution in [0.3, 0.4) is 0 Å². The molecule has 2 aromatic heterocycles.